The molecule has 1 amide bonds. The van der Waals surface area contributed by atoms with Gasteiger partial charge in [0, 0.05) is 24.0 Å². The van der Waals surface area contributed by atoms with Crippen LogP contribution in [0.4, 0.5) is 10.2 Å². The van der Waals surface area contributed by atoms with E-state index in [0.717, 1.165) is 53.5 Å². The lowest BCUT2D eigenvalue weighted by molar-refractivity contribution is -0.131. The van der Waals surface area contributed by atoms with E-state index in [0.29, 0.717) is 18.2 Å². The van der Waals surface area contributed by atoms with E-state index in [9.17, 15) is 9.18 Å². The number of carbonyl (C=O) groups excluding carboxylic acids is 1. The Hall–Kier alpha value is -3.53. The molecule has 156 valence electrons. The molecule has 2 fully saturated rings. The second kappa shape index (κ2) is 7.95. The molecule has 0 spiro atoms. The minimum Gasteiger partial charge on any atom is -0.367 e. The van der Waals surface area contributed by atoms with Gasteiger partial charge in [-0.2, -0.15) is 5.26 Å². The first kappa shape index (κ1) is 19.4. The second-order valence-corrected chi connectivity index (χ2v) is 8.31. The molecular weight excluding hydrogens is 393 g/mol. The zero-order valence-corrected chi connectivity index (χ0v) is 17.0. The molecule has 0 unspecified atom stereocenters. The number of amides is 1. The molecule has 0 saturated heterocycles. The van der Waals surface area contributed by atoms with E-state index in [1.807, 2.05) is 30.3 Å². The van der Waals surface area contributed by atoms with E-state index in [2.05, 4.69) is 15.3 Å². The van der Waals surface area contributed by atoms with Crippen molar-refractivity contribution in [1.29, 1.82) is 5.26 Å². The van der Waals surface area contributed by atoms with Gasteiger partial charge >= 0.3 is 0 Å². The van der Waals surface area contributed by atoms with Gasteiger partial charge in [-0.1, -0.05) is 6.07 Å². The summed E-state index contributed by atoms with van der Waals surface area (Å²) in [6.45, 7) is 0.307. The lowest BCUT2D eigenvalue weighted by atomic mass is 10.0. The zero-order valence-electron chi connectivity index (χ0n) is 17.0. The highest BCUT2D eigenvalue weighted by atomic mass is 19.1. The summed E-state index contributed by atoms with van der Waals surface area (Å²) in [5.41, 5.74) is 3.15. The van der Waals surface area contributed by atoms with E-state index in [4.69, 9.17) is 5.26 Å². The first-order chi connectivity index (χ1) is 15.1. The largest absolute Gasteiger partial charge is 0.367 e. The molecule has 7 heteroatoms. The third-order valence-electron chi connectivity index (χ3n) is 5.74. The number of aromatic nitrogens is 2. The van der Waals surface area contributed by atoms with Crippen molar-refractivity contribution >= 4 is 22.6 Å². The van der Waals surface area contributed by atoms with Crippen LogP contribution < -0.4 is 5.32 Å². The average Bonchev–Trinajstić information content (AvgIpc) is 3.67. The Balaban J connectivity index is 1.47. The van der Waals surface area contributed by atoms with E-state index >= 15 is 0 Å². The highest BCUT2D eigenvalue weighted by Gasteiger charge is 2.32. The summed E-state index contributed by atoms with van der Waals surface area (Å²) in [7, 11) is 0. The van der Waals surface area contributed by atoms with Crippen molar-refractivity contribution in [2.45, 2.75) is 50.7 Å². The van der Waals surface area contributed by atoms with E-state index < -0.39 is 0 Å². The topological polar surface area (TPSA) is 81.9 Å². The number of rotatable bonds is 7. The van der Waals surface area contributed by atoms with Gasteiger partial charge < -0.3 is 10.2 Å². The Morgan fingerprint density at radius 2 is 1.97 bits per heavy atom. The Bertz CT molecular complexity index is 1200. The van der Waals surface area contributed by atoms with Crippen molar-refractivity contribution < 1.29 is 9.18 Å². The number of anilines is 1. The molecule has 0 bridgehead atoms. The average molecular weight is 415 g/mol. The maximum Gasteiger partial charge on any atom is 0.237 e. The summed E-state index contributed by atoms with van der Waals surface area (Å²) >= 11 is 0. The van der Waals surface area contributed by atoms with E-state index in [1.165, 1.54) is 12.1 Å². The van der Waals surface area contributed by atoms with Gasteiger partial charge in [-0.25, -0.2) is 14.4 Å². The fourth-order valence-corrected chi connectivity index (χ4v) is 3.85. The van der Waals surface area contributed by atoms with Crippen LogP contribution >= 0.6 is 0 Å². The number of hydrogen-bond acceptors (Lipinski definition) is 5. The monoisotopic (exact) mass is 415 g/mol. The Labute approximate surface area is 179 Å². The van der Waals surface area contributed by atoms with Crippen LogP contribution in [0.1, 0.15) is 37.7 Å². The van der Waals surface area contributed by atoms with Crippen molar-refractivity contribution in [1.82, 2.24) is 14.9 Å². The number of hydrogen-bond donors (Lipinski definition) is 1. The molecule has 0 aliphatic heterocycles. The van der Waals surface area contributed by atoms with Crippen LogP contribution in [0.25, 0.3) is 22.0 Å². The molecule has 2 aliphatic rings. The van der Waals surface area contributed by atoms with Gasteiger partial charge in [-0.15, -0.1) is 0 Å². The van der Waals surface area contributed by atoms with Crippen molar-refractivity contribution in [3.63, 3.8) is 0 Å². The standard InChI is InChI=1S/C24H22FN5O/c25-18-10-15(13-30(20-4-5-20)23(31)7-8-26)9-17(11-18)16-1-6-22-21(12-16)24(28-14-27-22)29-19-2-3-19/h1,6,9-12,14,19-20H,2-5,7,13H2,(H,27,28,29). The lowest BCUT2D eigenvalue weighted by Gasteiger charge is -2.22. The Kier molecular flexibility index (Phi) is 4.99. The maximum absolute atomic E-state index is 14.5. The molecule has 5 rings (SSSR count). The molecule has 1 heterocycles. The number of nitrogens with zero attached hydrogens (tertiary/aromatic N) is 4. The normalized spacial score (nSPS) is 15.5. The van der Waals surface area contributed by atoms with Gasteiger partial charge in [-0.05, 0) is 72.7 Å². The number of halogens is 1. The predicted molar refractivity (Wildman–Crippen MR) is 115 cm³/mol. The third-order valence-corrected chi connectivity index (χ3v) is 5.74. The fourth-order valence-electron chi connectivity index (χ4n) is 3.85. The predicted octanol–water partition coefficient (Wildman–Crippen LogP) is 4.41. The van der Waals surface area contributed by atoms with Gasteiger partial charge in [0.15, 0.2) is 0 Å². The second-order valence-electron chi connectivity index (χ2n) is 8.31. The van der Waals surface area contributed by atoms with Gasteiger partial charge in [0.2, 0.25) is 5.91 Å². The summed E-state index contributed by atoms with van der Waals surface area (Å²) in [6, 6.07) is 13.2. The van der Waals surface area contributed by atoms with Gasteiger partial charge in [0.05, 0.1) is 11.6 Å². The summed E-state index contributed by atoms with van der Waals surface area (Å²) in [5, 5.41) is 13.2. The molecule has 1 aromatic heterocycles. The third kappa shape index (κ3) is 4.33. The highest BCUT2D eigenvalue weighted by Crippen LogP contribution is 2.33. The van der Waals surface area contributed by atoms with Crippen LogP contribution in [0, 0.1) is 17.1 Å². The van der Waals surface area contributed by atoms with Crippen LogP contribution in [0.2, 0.25) is 0 Å². The van der Waals surface area contributed by atoms with Gasteiger partial charge in [0.25, 0.3) is 0 Å². The minimum absolute atomic E-state index is 0.153. The van der Waals surface area contributed by atoms with Crippen molar-refractivity contribution in [3.8, 4) is 17.2 Å². The van der Waals surface area contributed by atoms with Crippen LogP contribution in [-0.4, -0.2) is 32.9 Å². The summed E-state index contributed by atoms with van der Waals surface area (Å²) in [6.07, 6.45) is 5.54. The van der Waals surface area contributed by atoms with Crippen molar-refractivity contribution in [3.05, 3.63) is 54.1 Å². The van der Waals surface area contributed by atoms with Crippen LogP contribution in [0.15, 0.2) is 42.7 Å². The van der Waals surface area contributed by atoms with E-state index in [-0.39, 0.29) is 24.2 Å². The minimum atomic E-state index is -0.350. The molecule has 2 aliphatic carbocycles. The number of benzene rings is 2. The maximum atomic E-state index is 14.5. The summed E-state index contributed by atoms with van der Waals surface area (Å²) in [4.78, 5) is 22.8. The summed E-state index contributed by atoms with van der Waals surface area (Å²) in [5.74, 6) is 0.249. The van der Waals surface area contributed by atoms with Gasteiger partial charge in [-0.3, -0.25) is 4.79 Å². The number of carbonyl (C=O) groups is 1. The van der Waals surface area contributed by atoms with Gasteiger partial charge in [0.1, 0.15) is 24.4 Å². The van der Waals surface area contributed by atoms with Crippen LogP contribution in [-0.2, 0) is 11.3 Å². The zero-order chi connectivity index (χ0) is 21.4. The molecule has 0 atom stereocenters. The van der Waals surface area contributed by atoms with Crippen molar-refractivity contribution in [2.75, 3.05) is 5.32 Å². The van der Waals surface area contributed by atoms with Crippen LogP contribution in [0.5, 0.6) is 0 Å². The highest BCUT2D eigenvalue weighted by molar-refractivity contribution is 5.92. The fraction of sp³-hybridized carbons (Fsp3) is 0.333. The smallest absolute Gasteiger partial charge is 0.237 e. The molecule has 31 heavy (non-hydrogen) atoms. The molecule has 2 saturated carbocycles. The first-order valence-corrected chi connectivity index (χ1v) is 10.6. The SMILES string of the molecule is N#CCC(=O)N(Cc1cc(F)cc(-c2ccc3ncnc(NC4CC4)c3c2)c1)C1CC1. The molecule has 6 nitrogen and oxygen atoms in total. The number of fused-ring (bicyclic) bond motifs is 1. The summed E-state index contributed by atoms with van der Waals surface area (Å²) < 4.78 is 14.5. The Morgan fingerprint density at radius 1 is 1.13 bits per heavy atom. The van der Waals surface area contributed by atoms with E-state index in [1.54, 1.807) is 11.2 Å². The van der Waals surface area contributed by atoms with Crippen molar-refractivity contribution in [2.24, 2.45) is 0 Å². The quantitative estimate of drug-likeness (QED) is 0.618. The number of nitriles is 1. The molecule has 2 aromatic carbocycles. The number of nitrogens with one attached hydrogen (secondary N) is 1. The molecule has 1 N–H and O–H groups in total. The Morgan fingerprint density at radius 3 is 2.71 bits per heavy atom. The van der Waals surface area contributed by atoms with Crippen LogP contribution in [0.3, 0.4) is 0 Å². The molecular formula is C24H22FN5O. The molecule has 3 aromatic rings. The lowest BCUT2D eigenvalue weighted by Crippen LogP contribution is -2.32. The molecule has 0 radical (unpaired) electrons. The first-order valence-electron chi connectivity index (χ1n) is 10.6.